The first-order chi connectivity index (χ1) is 9.15. The van der Waals surface area contributed by atoms with Crippen LogP contribution in [0.15, 0.2) is 12.1 Å². The summed E-state index contributed by atoms with van der Waals surface area (Å²) in [6, 6.07) is 3.86. The zero-order chi connectivity index (χ0) is 14.3. The van der Waals surface area contributed by atoms with E-state index in [0.717, 1.165) is 25.2 Å². The molecule has 5 heteroatoms. The van der Waals surface area contributed by atoms with Crippen LogP contribution >= 0.6 is 0 Å². The summed E-state index contributed by atoms with van der Waals surface area (Å²) in [4.78, 5) is 2.09. The summed E-state index contributed by atoms with van der Waals surface area (Å²) < 4.78 is 16.5. The first kappa shape index (κ1) is 19.6. The summed E-state index contributed by atoms with van der Waals surface area (Å²) in [5.41, 5.74) is 1.07. The fourth-order valence-electron chi connectivity index (χ4n) is 1.77. The van der Waals surface area contributed by atoms with Crippen LogP contribution in [0.25, 0.3) is 0 Å². The van der Waals surface area contributed by atoms with Gasteiger partial charge in [-0.2, -0.15) is 0 Å². The van der Waals surface area contributed by atoms with Crippen molar-refractivity contribution in [1.29, 1.82) is 0 Å². The zero-order valence-electron chi connectivity index (χ0n) is 12.6. The Balaban J connectivity index is 0.00000361. The second kappa shape index (κ2) is 10.4. The SMILES string of the molecule is [CH2-]CN(C[CH2-])CCOc1c(OC)cc(C)cc1OC.[U+2]. The molecule has 0 amide bonds. The molecule has 0 aliphatic heterocycles. The van der Waals surface area contributed by atoms with Gasteiger partial charge < -0.3 is 33.0 Å². The Hall–Kier alpha value is -0.368. The van der Waals surface area contributed by atoms with E-state index < -0.39 is 0 Å². The summed E-state index contributed by atoms with van der Waals surface area (Å²) in [7, 11) is 3.25. The Bertz CT molecular complexity index is 370. The van der Waals surface area contributed by atoms with Crippen LogP contribution in [0, 0.1) is 51.9 Å². The van der Waals surface area contributed by atoms with E-state index in [2.05, 4.69) is 18.7 Å². The summed E-state index contributed by atoms with van der Waals surface area (Å²) >= 11 is 0. The fraction of sp³-hybridized carbons (Fsp3) is 0.467. The van der Waals surface area contributed by atoms with Gasteiger partial charge in [0.1, 0.15) is 6.61 Å². The molecule has 1 aromatic carbocycles. The number of hydrogen-bond acceptors (Lipinski definition) is 4. The molecule has 0 bridgehead atoms. The van der Waals surface area contributed by atoms with Gasteiger partial charge in [0.25, 0.3) is 0 Å². The van der Waals surface area contributed by atoms with Crippen molar-refractivity contribution in [1.82, 2.24) is 4.90 Å². The van der Waals surface area contributed by atoms with Crippen molar-refractivity contribution in [3.05, 3.63) is 31.5 Å². The molecule has 0 saturated carbocycles. The second-order valence-corrected chi connectivity index (χ2v) is 4.19. The van der Waals surface area contributed by atoms with Crippen molar-refractivity contribution < 1.29 is 45.3 Å². The monoisotopic (exact) mass is 503 g/mol. The Labute approximate surface area is 146 Å². The minimum atomic E-state index is 0. The Morgan fingerprint density at radius 3 is 1.95 bits per heavy atom. The normalized spacial score (nSPS) is 10.1. The predicted molar refractivity (Wildman–Crippen MR) is 76.9 cm³/mol. The third-order valence-corrected chi connectivity index (χ3v) is 2.89. The van der Waals surface area contributed by atoms with E-state index in [-0.39, 0.29) is 31.1 Å². The number of benzene rings is 1. The average Bonchev–Trinajstić information content (AvgIpc) is 2.44. The van der Waals surface area contributed by atoms with Crippen LogP contribution in [0.1, 0.15) is 5.56 Å². The predicted octanol–water partition coefficient (Wildman–Crippen LogP) is 2.36. The van der Waals surface area contributed by atoms with Crippen LogP contribution in [0.5, 0.6) is 17.2 Å². The molecular formula is C15H23NO3U. The minimum Gasteiger partial charge on any atom is -0.493 e. The molecule has 0 unspecified atom stereocenters. The standard InChI is InChI=1S/C15H23NO3.U/c1-6-16(7-2)8-9-19-15-13(17-4)10-12(3)11-14(15)18-5;/h10-11H,1-2,6-9H2,3-5H3;/q-2;+2. The van der Waals surface area contributed by atoms with Crippen LogP contribution in [0.3, 0.4) is 0 Å². The third-order valence-electron chi connectivity index (χ3n) is 2.89. The number of hydrogen-bond donors (Lipinski definition) is 0. The van der Waals surface area contributed by atoms with Crippen molar-refractivity contribution in [3.8, 4) is 17.2 Å². The molecule has 110 valence electrons. The van der Waals surface area contributed by atoms with Gasteiger partial charge in [-0.3, -0.25) is 0 Å². The topological polar surface area (TPSA) is 30.9 Å². The Kier molecular flexibility index (Phi) is 10.2. The van der Waals surface area contributed by atoms with Gasteiger partial charge in [0.2, 0.25) is 5.75 Å². The zero-order valence-corrected chi connectivity index (χ0v) is 16.7. The van der Waals surface area contributed by atoms with Crippen LogP contribution in [-0.2, 0) is 0 Å². The van der Waals surface area contributed by atoms with E-state index in [1.54, 1.807) is 14.2 Å². The third kappa shape index (κ3) is 5.55. The average molecular weight is 503 g/mol. The van der Waals surface area contributed by atoms with E-state index in [9.17, 15) is 0 Å². The molecule has 0 aliphatic rings. The van der Waals surface area contributed by atoms with Gasteiger partial charge in [-0.15, -0.1) is 13.1 Å². The summed E-state index contributed by atoms with van der Waals surface area (Å²) in [6.45, 7) is 12.4. The van der Waals surface area contributed by atoms with E-state index in [4.69, 9.17) is 14.2 Å². The maximum atomic E-state index is 5.79. The van der Waals surface area contributed by atoms with E-state index in [0.29, 0.717) is 23.9 Å². The van der Waals surface area contributed by atoms with Gasteiger partial charge >= 0.3 is 31.1 Å². The van der Waals surface area contributed by atoms with Crippen molar-refractivity contribution in [2.24, 2.45) is 0 Å². The van der Waals surface area contributed by atoms with Crippen molar-refractivity contribution in [3.63, 3.8) is 0 Å². The van der Waals surface area contributed by atoms with E-state index >= 15 is 0 Å². The summed E-state index contributed by atoms with van der Waals surface area (Å²) in [6.07, 6.45) is 0. The number of aryl methyl sites for hydroxylation is 1. The minimum absolute atomic E-state index is 0. The van der Waals surface area contributed by atoms with Gasteiger partial charge in [0.15, 0.2) is 11.5 Å². The van der Waals surface area contributed by atoms with E-state index in [1.807, 2.05) is 19.1 Å². The first-order valence-corrected chi connectivity index (χ1v) is 6.32. The molecule has 0 atom stereocenters. The molecule has 0 spiro atoms. The maximum absolute atomic E-state index is 5.79. The number of methoxy groups -OCH3 is 2. The summed E-state index contributed by atoms with van der Waals surface area (Å²) in [5.74, 6) is 2.02. The number of ether oxygens (including phenoxy) is 3. The van der Waals surface area contributed by atoms with Gasteiger partial charge in [-0.05, 0) is 24.6 Å². The smallest absolute Gasteiger partial charge is 0.493 e. The van der Waals surface area contributed by atoms with Crippen LogP contribution < -0.4 is 14.2 Å². The van der Waals surface area contributed by atoms with Gasteiger partial charge in [-0.1, -0.05) is 0 Å². The molecule has 0 fully saturated rings. The quantitative estimate of drug-likeness (QED) is 0.510. The van der Waals surface area contributed by atoms with Gasteiger partial charge in [-0.25, -0.2) is 0 Å². The Morgan fingerprint density at radius 1 is 1.05 bits per heavy atom. The van der Waals surface area contributed by atoms with Crippen LogP contribution in [-0.4, -0.2) is 45.4 Å². The van der Waals surface area contributed by atoms with E-state index in [1.165, 1.54) is 0 Å². The van der Waals surface area contributed by atoms with Crippen LogP contribution in [0.4, 0.5) is 0 Å². The Morgan fingerprint density at radius 2 is 1.55 bits per heavy atom. The van der Waals surface area contributed by atoms with Crippen LogP contribution in [0.2, 0.25) is 0 Å². The van der Waals surface area contributed by atoms with Crippen molar-refractivity contribution >= 4 is 0 Å². The molecule has 20 heavy (non-hydrogen) atoms. The molecule has 0 radical (unpaired) electrons. The first-order valence-electron chi connectivity index (χ1n) is 6.32. The maximum Gasteiger partial charge on any atom is 2.00 e. The molecule has 0 N–H and O–H groups in total. The second-order valence-electron chi connectivity index (χ2n) is 4.19. The number of rotatable bonds is 8. The number of nitrogens with zero attached hydrogens (tertiary/aromatic N) is 1. The molecule has 1 aromatic rings. The van der Waals surface area contributed by atoms with Gasteiger partial charge in [0.05, 0.1) is 14.2 Å². The molecule has 0 aromatic heterocycles. The molecular weight excluding hydrogens is 480 g/mol. The molecule has 4 nitrogen and oxygen atoms in total. The molecule has 1 rings (SSSR count). The molecule has 0 saturated heterocycles. The van der Waals surface area contributed by atoms with Gasteiger partial charge in [0, 0.05) is 6.54 Å². The summed E-state index contributed by atoms with van der Waals surface area (Å²) in [5, 5.41) is 0. The largest absolute Gasteiger partial charge is 2.00 e. The van der Waals surface area contributed by atoms with Crippen molar-refractivity contribution in [2.45, 2.75) is 6.92 Å². The molecule has 0 aliphatic carbocycles. The van der Waals surface area contributed by atoms with Crippen molar-refractivity contribution in [2.75, 3.05) is 40.5 Å². The fourth-order valence-corrected chi connectivity index (χ4v) is 1.77. The molecule has 0 heterocycles.